The van der Waals surface area contributed by atoms with E-state index in [2.05, 4.69) is 4.74 Å². The van der Waals surface area contributed by atoms with Gasteiger partial charge in [-0.15, -0.1) is 0 Å². The summed E-state index contributed by atoms with van der Waals surface area (Å²) in [5, 5.41) is 8.40. The van der Waals surface area contributed by atoms with Crippen LogP contribution in [0.15, 0.2) is 18.2 Å². The summed E-state index contributed by atoms with van der Waals surface area (Å²) in [7, 11) is 0. The minimum atomic E-state index is -5.57. The standard InChI is InChI=1S/C11H6ClF6NO/c12-8-3-6(4-19)1-2-7(8)5-20-9(10(13,14)15)11(16,17)18/h1-3,9H,5H2. The molecule has 0 saturated heterocycles. The van der Waals surface area contributed by atoms with Crippen LogP contribution in [0.5, 0.6) is 0 Å². The summed E-state index contributed by atoms with van der Waals surface area (Å²) in [6.07, 6.45) is -15.0. The van der Waals surface area contributed by atoms with Gasteiger partial charge in [0.25, 0.3) is 0 Å². The molecule has 110 valence electrons. The normalized spacial score (nSPS) is 12.6. The number of nitriles is 1. The Morgan fingerprint density at radius 2 is 1.70 bits per heavy atom. The van der Waals surface area contributed by atoms with Crippen LogP contribution in [-0.4, -0.2) is 18.5 Å². The predicted octanol–water partition coefficient (Wildman–Crippen LogP) is 4.22. The zero-order valence-corrected chi connectivity index (χ0v) is 10.3. The molecule has 0 amide bonds. The highest BCUT2D eigenvalue weighted by Gasteiger charge is 2.57. The summed E-state index contributed by atoms with van der Waals surface area (Å²) < 4.78 is 77.2. The highest BCUT2D eigenvalue weighted by atomic mass is 35.5. The Morgan fingerprint density at radius 3 is 2.10 bits per heavy atom. The number of benzene rings is 1. The third-order valence-corrected chi connectivity index (χ3v) is 2.53. The molecule has 0 aliphatic rings. The number of alkyl halides is 6. The molecule has 9 heteroatoms. The van der Waals surface area contributed by atoms with Crippen molar-refractivity contribution in [2.75, 3.05) is 0 Å². The van der Waals surface area contributed by atoms with Gasteiger partial charge in [0, 0.05) is 5.02 Å². The van der Waals surface area contributed by atoms with Gasteiger partial charge in [-0.3, -0.25) is 0 Å². The van der Waals surface area contributed by atoms with Gasteiger partial charge in [0.1, 0.15) is 0 Å². The van der Waals surface area contributed by atoms with E-state index in [-0.39, 0.29) is 16.1 Å². The second-order valence-corrected chi connectivity index (χ2v) is 4.10. The van der Waals surface area contributed by atoms with Crippen LogP contribution in [0.4, 0.5) is 26.3 Å². The number of hydrogen-bond acceptors (Lipinski definition) is 2. The SMILES string of the molecule is N#Cc1ccc(COC(C(F)(F)F)C(F)(F)F)c(Cl)c1. The molecule has 20 heavy (non-hydrogen) atoms. The molecule has 0 aromatic heterocycles. The van der Waals surface area contributed by atoms with E-state index in [0.717, 1.165) is 12.1 Å². The van der Waals surface area contributed by atoms with Crippen LogP contribution < -0.4 is 0 Å². The Balaban J connectivity index is 2.87. The fourth-order valence-electron chi connectivity index (χ4n) is 1.28. The predicted molar refractivity (Wildman–Crippen MR) is 56.9 cm³/mol. The van der Waals surface area contributed by atoms with Gasteiger partial charge >= 0.3 is 12.4 Å². The van der Waals surface area contributed by atoms with Crippen molar-refractivity contribution in [1.29, 1.82) is 5.26 Å². The first-order valence-corrected chi connectivity index (χ1v) is 5.37. The topological polar surface area (TPSA) is 33.0 Å². The summed E-state index contributed by atoms with van der Waals surface area (Å²) in [6, 6.07) is 5.18. The van der Waals surface area contributed by atoms with Crippen molar-refractivity contribution in [1.82, 2.24) is 0 Å². The summed E-state index contributed by atoms with van der Waals surface area (Å²) >= 11 is 5.63. The van der Waals surface area contributed by atoms with E-state index >= 15 is 0 Å². The number of rotatable bonds is 3. The Kier molecular flexibility index (Phi) is 4.89. The molecule has 0 bridgehead atoms. The zero-order chi connectivity index (χ0) is 15.6. The molecule has 0 spiro atoms. The average molecular weight is 318 g/mol. The molecule has 0 N–H and O–H groups in total. The van der Waals surface area contributed by atoms with Crippen LogP contribution in [0.2, 0.25) is 5.02 Å². The van der Waals surface area contributed by atoms with E-state index in [1.165, 1.54) is 6.07 Å². The van der Waals surface area contributed by atoms with Gasteiger partial charge in [-0.1, -0.05) is 17.7 Å². The lowest BCUT2D eigenvalue weighted by Gasteiger charge is -2.23. The monoisotopic (exact) mass is 317 g/mol. The first-order valence-electron chi connectivity index (χ1n) is 4.99. The quantitative estimate of drug-likeness (QED) is 0.782. The second-order valence-electron chi connectivity index (χ2n) is 3.69. The summed E-state index contributed by atoms with van der Waals surface area (Å²) in [5.41, 5.74) is 0.0473. The third kappa shape index (κ3) is 4.28. The summed E-state index contributed by atoms with van der Waals surface area (Å²) in [5.74, 6) is 0. The van der Waals surface area contributed by atoms with Gasteiger partial charge in [-0.25, -0.2) is 0 Å². The molecule has 1 aromatic rings. The van der Waals surface area contributed by atoms with Crippen molar-refractivity contribution in [2.45, 2.75) is 25.1 Å². The lowest BCUT2D eigenvalue weighted by Crippen LogP contribution is -2.44. The summed E-state index contributed by atoms with van der Waals surface area (Å²) in [4.78, 5) is 0. The maximum absolute atomic E-state index is 12.2. The largest absolute Gasteiger partial charge is 0.423 e. The summed E-state index contributed by atoms with van der Waals surface area (Å²) in [6.45, 7) is -0.978. The van der Waals surface area contributed by atoms with E-state index in [9.17, 15) is 26.3 Å². The van der Waals surface area contributed by atoms with E-state index in [1.54, 1.807) is 6.07 Å². The Hall–Kier alpha value is -1.46. The van der Waals surface area contributed by atoms with Crippen molar-refractivity contribution in [3.05, 3.63) is 34.3 Å². The lowest BCUT2D eigenvalue weighted by molar-refractivity contribution is -0.324. The lowest BCUT2D eigenvalue weighted by atomic mass is 10.1. The maximum atomic E-state index is 12.2. The number of nitrogens with zero attached hydrogens (tertiary/aromatic N) is 1. The molecule has 0 unspecified atom stereocenters. The number of ether oxygens (including phenoxy) is 1. The van der Waals surface area contributed by atoms with Crippen LogP contribution >= 0.6 is 11.6 Å². The minimum Gasteiger partial charge on any atom is -0.356 e. The highest BCUT2D eigenvalue weighted by Crippen LogP contribution is 2.36. The van der Waals surface area contributed by atoms with Crippen LogP contribution in [0.1, 0.15) is 11.1 Å². The van der Waals surface area contributed by atoms with Crippen LogP contribution in [-0.2, 0) is 11.3 Å². The van der Waals surface area contributed by atoms with Crippen LogP contribution in [0.25, 0.3) is 0 Å². The average Bonchev–Trinajstić information content (AvgIpc) is 2.27. The number of halogens is 7. The van der Waals surface area contributed by atoms with E-state index in [0.29, 0.717) is 0 Å². The van der Waals surface area contributed by atoms with Crippen molar-refractivity contribution in [3.8, 4) is 6.07 Å². The maximum Gasteiger partial charge on any atom is 0.423 e. The number of hydrogen-bond donors (Lipinski definition) is 0. The van der Waals surface area contributed by atoms with Crippen molar-refractivity contribution in [2.24, 2.45) is 0 Å². The van der Waals surface area contributed by atoms with Gasteiger partial charge in [0.05, 0.1) is 18.2 Å². The van der Waals surface area contributed by atoms with Crippen molar-refractivity contribution >= 4 is 11.6 Å². The van der Waals surface area contributed by atoms with E-state index in [4.69, 9.17) is 16.9 Å². The highest BCUT2D eigenvalue weighted by molar-refractivity contribution is 6.31. The molecule has 1 rings (SSSR count). The first-order chi connectivity index (χ1) is 9.05. The van der Waals surface area contributed by atoms with E-state index in [1.807, 2.05) is 0 Å². The fraction of sp³-hybridized carbons (Fsp3) is 0.364. The smallest absolute Gasteiger partial charge is 0.356 e. The molecule has 0 heterocycles. The minimum absolute atomic E-state index is 0.0795. The molecule has 2 nitrogen and oxygen atoms in total. The van der Waals surface area contributed by atoms with Gasteiger partial charge in [0.2, 0.25) is 6.10 Å². The molecular weight excluding hydrogens is 312 g/mol. The van der Waals surface area contributed by atoms with Crippen molar-refractivity contribution in [3.63, 3.8) is 0 Å². The fourth-order valence-corrected chi connectivity index (χ4v) is 1.52. The van der Waals surface area contributed by atoms with Gasteiger partial charge < -0.3 is 4.74 Å². The third-order valence-electron chi connectivity index (χ3n) is 2.18. The second kappa shape index (κ2) is 5.89. The first kappa shape index (κ1) is 16.6. The van der Waals surface area contributed by atoms with E-state index < -0.39 is 25.1 Å². The Bertz CT molecular complexity index is 505. The molecule has 0 fully saturated rings. The van der Waals surface area contributed by atoms with Crippen molar-refractivity contribution < 1.29 is 31.1 Å². The molecule has 0 radical (unpaired) electrons. The Morgan fingerprint density at radius 1 is 1.15 bits per heavy atom. The molecule has 0 aliphatic heterocycles. The zero-order valence-electron chi connectivity index (χ0n) is 9.52. The molecule has 0 aliphatic carbocycles. The van der Waals surface area contributed by atoms with Gasteiger partial charge in [0.15, 0.2) is 0 Å². The molecule has 0 atom stereocenters. The van der Waals surface area contributed by atoms with Gasteiger partial charge in [-0.2, -0.15) is 31.6 Å². The molecule has 1 aromatic carbocycles. The molecule has 0 saturated carbocycles. The van der Waals surface area contributed by atoms with Gasteiger partial charge in [-0.05, 0) is 17.7 Å². The van der Waals surface area contributed by atoms with Crippen LogP contribution in [0.3, 0.4) is 0 Å². The van der Waals surface area contributed by atoms with Crippen LogP contribution in [0, 0.1) is 11.3 Å². The molecular formula is C11H6ClF6NO. The Labute approximate surface area is 114 Å².